The van der Waals surface area contributed by atoms with Gasteiger partial charge in [0.05, 0.1) is 11.6 Å². The Bertz CT molecular complexity index is 1300. The maximum absolute atomic E-state index is 12.9. The number of piperidine rings is 1. The molecule has 6 nitrogen and oxygen atoms in total. The van der Waals surface area contributed by atoms with Crippen LogP contribution in [0.25, 0.3) is 0 Å². The first-order valence-electron chi connectivity index (χ1n) is 12.6. The molecule has 0 radical (unpaired) electrons. The largest absolute Gasteiger partial charge is 0.465 e. The molecule has 5 rings (SSSR count). The molecule has 0 aromatic heterocycles. The molecule has 3 N–H and O–H groups in total. The van der Waals surface area contributed by atoms with E-state index in [4.69, 9.17) is 0 Å². The van der Waals surface area contributed by atoms with Crippen molar-refractivity contribution in [2.75, 3.05) is 11.9 Å². The first-order chi connectivity index (χ1) is 18.2. The van der Waals surface area contributed by atoms with Crippen molar-refractivity contribution in [3.05, 3.63) is 101 Å². The van der Waals surface area contributed by atoms with Gasteiger partial charge in [-0.05, 0) is 60.7 Å². The minimum Gasteiger partial charge on any atom is -0.465 e. The number of carbonyl (C=O) groups excluding carboxylic acids is 1. The molecule has 1 saturated heterocycles. The molecule has 3 aromatic rings. The number of rotatable bonds is 6. The van der Waals surface area contributed by atoms with Crippen molar-refractivity contribution in [3.63, 3.8) is 0 Å². The standard InChI is InChI=1S/C29H28F3N3O3/c30-29(31,32)21-8-4-7-20(15-21)27(36)34-22-11-9-18(10-12-22)24-17-25(24)33-23-13-14-35(28(37)38)26(16-23)19-5-2-1-3-6-19/h1-12,15,23-26,33H,13-14,16-17H2,(H,34,36)(H,37,38)/t23?,24-,25+,26?/m0/s1. The first kappa shape index (κ1) is 25.8. The molecular weight excluding hydrogens is 495 g/mol. The zero-order chi connectivity index (χ0) is 26.9. The Kier molecular flexibility index (Phi) is 7.12. The monoisotopic (exact) mass is 523 g/mol. The van der Waals surface area contributed by atoms with E-state index in [9.17, 15) is 27.9 Å². The van der Waals surface area contributed by atoms with Gasteiger partial charge in [0.2, 0.25) is 0 Å². The van der Waals surface area contributed by atoms with E-state index in [0.717, 1.165) is 36.1 Å². The molecule has 2 unspecified atom stereocenters. The van der Waals surface area contributed by atoms with E-state index >= 15 is 0 Å². The summed E-state index contributed by atoms with van der Waals surface area (Å²) in [5, 5.41) is 16.0. The van der Waals surface area contributed by atoms with Crippen LogP contribution >= 0.6 is 0 Å². The van der Waals surface area contributed by atoms with E-state index in [0.29, 0.717) is 30.6 Å². The Morgan fingerprint density at radius 3 is 2.32 bits per heavy atom. The van der Waals surface area contributed by atoms with Gasteiger partial charge in [0.1, 0.15) is 0 Å². The fourth-order valence-corrected chi connectivity index (χ4v) is 5.24. The molecule has 38 heavy (non-hydrogen) atoms. The van der Waals surface area contributed by atoms with Gasteiger partial charge in [0, 0.05) is 35.8 Å². The number of amides is 2. The van der Waals surface area contributed by atoms with E-state index < -0.39 is 23.7 Å². The van der Waals surface area contributed by atoms with Crippen LogP contribution in [0.15, 0.2) is 78.9 Å². The molecule has 1 aliphatic heterocycles. The Morgan fingerprint density at radius 2 is 1.63 bits per heavy atom. The van der Waals surface area contributed by atoms with Crippen LogP contribution in [0.4, 0.5) is 23.7 Å². The highest BCUT2D eigenvalue weighted by Crippen LogP contribution is 2.43. The highest BCUT2D eigenvalue weighted by Gasteiger charge is 2.41. The van der Waals surface area contributed by atoms with Gasteiger partial charge < -0.3 is 20.6 Å². The first-order valence-corrected chi connectivity index (χ1v) is 12.6. The van der Waals surface area contributed by atoms with Crippen LogP contribution < -0.4 is 10.6 Å². The molecule has 1 heterocycles. The van der Waals surface area contributed by atoms with Gasteiger partial charge in [0.15, 0.2) is 0 Å². The lowest BCUT2D eigenvalue weighted by atomic mass is 9.92. The number of carboxylic acid groups (broad SMARTS) is 1. The SMILES string of the molecule is O=C(Nc1ccc([C@@H]2C[C@H]2NC2CCN(C(=O)O)C(c3ccccc3)C2)cc1)c1cccc(C(F)(F)F)c1. The number of anilines is 1. The van der Waals surface area contributed by atoms with Crippen LogP contribution in [0.3, 0.4) is 0 Å². The molecule has 0 bridgehead atoms. The molecule has 2 amide bonds. The van der Waals surface area contributed by atoms with Crippen molar-refractivity contribution >= 4 is 17.7 Å². The van der Waals surface area contributed by atoms with Crippen LogP contribution in [-0.4, -0.2) is 40.6 Å². The molecule has 3 aromatic carbocycles. The summed E-state index contributed by atoms with van der Waals surface area (Å²) in [6, 6.07) is 21.7. The van der Waals surface area contributed by atoms with Gasteiger partial charge >= 0.3 is 12.3 Å². The Hall–Kier alpha value is -3.85. The topological polar surface area (TPSA) is 81.7 Å². The van der Waals surface area contributed by atoms with E-state index in [1.807, 2.05) is 42.5 Å². The number of nitrogens with one attached hydrogen (secondary N) is 2. The predicted molar refractivity (Wildman–Crippen MR) is 137 cm³/mol. The molecule has 0 spiro atoms. The maximum Gasteiger partial charge on any atom is 0.416 e. The summed E-state index contributed by atoms with van der Waals surface area (Å²) in [7, 11) is 0. The molecule has 9 heteroatoms. The highest BCUT2D eigenvalue weighted by atomic mass is 19.4. The zero-order valence-corrected chi connectivity index (χ0v) is 20.5. The van der Waals surface area contributed by atoms with E-state index in [-0.39, 0.29) is 17.6 Å². The van der Waals surface area contributed by atoms with Crippen molar-refractivity contribution in [1.29, 1.82) is 0 Å². The van der Waals surface area contributed by atoms with Gasteiger partial charge in [-0.3, -0.25) is 4.79 Å². The van der Waals surface area contributed by atoms with Crippen LogP contribution in [0.5, 0.6) is 0 Å². The normalized spacial score (nSPS) is 23.1. The third kappa shape index (κ3) is 5.83. The van der Waals surface area contributed by atoms with Crippen LogP contribution in [0, 0.1) is 0 Å². The van der Waals surface area contributed by atoms with E-state index in [2.05, 4.69) is 10.6 Å². The minimum absolute atomic E-state index is 0.0573. The fraction of sp³-hybridized carbons (Fsp3) is 0.310. The summed E-state index contributed by atoms with van der Waals surface area (Å²) in [5.41, 5.74) is 1.70. The van der Waals surface area contributed by atoms with E-state index in [1.165, 1.54) is 17.0 Å². The van der Waals surface area contributed by atoms with Gasteiger partial charge in [0.25, 0.3) is 5.91 Å². The molecular formula is C29H28F3N3O3. The second kappa shape index (κ2) is 10.5. The fourth-order valence-electron chi connectivity index (χ4n) is 5.24. The van der Waals surface area contributed by atoms with Crippen LogP contribution in [-0.2, 0) is 6.18 Å². The number of benzene rings is 3. The molecule has 198 valence electrons. The summed E-state index contributed by atoms with van der Waals surface area (Å²) >= 11 is 0. The lowest BCUT2D eigenvalue weighted by Crippen LogP contribution is -2.47. The summed E-state index contributed by atoms with van der Waals surface area (Å²) in [5.74, 6) is -0.286. The van der Waals surface area contributed by atoms with Gasteiger partial charge in [-0.15, -0.1) is 0 Å². The van der Waals surface area contributed by atoms with Gasteiger partial charge in [-0.25, -0.2) is 4.79 Å². The zero-order valence-electron chi connectivity index (χ0n) is 20.5. The van der Waals surface area contributed by atoms with Crippen molar-refractivity contribution in [2.45, 2.75) is 49.5 Å². The number of hydrogen-bond donors (Lipinski definition) is 3. The molecule has 2 fully saturated rings. The van der Waals surface area contributed by atoms with E-state index in [1.54, 1.807) is 12.1 Å². The number of likely N-dealkylation sites (tertiary alicyclic amines) is 1. The summed E-state index contributed by atoms with van der Waals surface area (Å²) in [4.78, 5) is 25.8. The van der Waals surface area contributed by atoms with Crippen molar-refractivity contribution in [2.24, 2.45) is 0 Å². The second-order valence-electron chi connectivity index (χ2n) is 9.89. The number of nitrogens with zero attached hydrogens (tertiary/aromatic N) is 1. The Morgan fingerprint density at radius 1 is 0.895 bits per heavy atom. The quantitative estimate of drug-likeness (QED) is 0.355. The summed E-state index contributed by atoms with van der Waals surface area (Å²) in [6.45, 7) is 0.476. The highest BCUT2D eigenvalue weighted by molar-refractivity contribution is 6.04. The van der Waals surface area contributed by atoms with Gasteiger partial charge in [-0.2, -0.15) is 13.2 Å². The smallest absolute Gasteiger partial charge is 0.416 e. The second-order valence-corrected chi connectivity index (χ2v) is 9.89. The number of hydrogen-bond acceptors (Lipinski definition) is 3. The lowest BCUT2D eigenvalue weighted by Gasteiger charge is -2.38. The average molecular weight is 524 g/mol. The molecule has 2 aliphatic rings. The molecule has 4 atom stereocenters. The maximum atomic E-state index is 12.9. The van der Waals surface area contributed by atoms with Crippen molar-refractivity contribution in [1.82, 2.24) is 10.2 Å². The predicted octanol–water partition coefficient (Wildman–Crippen LogP) is 6.29. The molecule has 1 saturated carbocycles. The Balaban J connectivity index is 1.17. The van der Waals surface area contributed by atoms with Crippen LogP contribution in [0.2, 0.25) is 0 Å². The minimum atomic E-state index is -4.51. The van der Waals surface area contributed by atoms with Gasteiger partial charge in [-0.1, -0.05) is 48.5 Å². The number of carbonyl (C=O) groups is 2. The summed E-state index contributed by atoms with van der Waals surface area (Å²) < 4.78 is 38.8. The van der Waals surface area contributed by atoms with Crippen LogP contribution in [0.1, 0.15) is 58.3 Å². The van der Waals surface area contributed by atoms with Crippen molar-refractivity contribution in [3.8, 4) is 0 Å². The Labute approximate surface area is 218 Å². The van der Waals surface area contributed by atoms with Crippen molar-refractivity contribution < 1.29 is 27.9 Å². The third-order valence-electron chi connectivity index (χ3n) is 7.32. The lowest BCUT2D eigenvalue weighted by molar-refractivity contribution is -0.137. The summed E-state index contributed by atoms with van der Waals surface area (Å²) in [6.07, 6.45) is -2.99. The average Bonchev–Trinajstić information content (AvgIpc) is 3.68. The molecule has 1 aliphatic carbocycles. The number of halogens is 3. The number of alkyl halides is 3. The third-order valence-corrected chi connectivity index (χ3v) is 7.32.